The number of rotatable bonds is 3. The number of benzene rings is 4. The molecule has 0 unspecified atom stereocenters. The van der Waals surface area contributed by atoms with Gasteiger partial charge in [0, 0.05) is 22.9 Å². The summed E-state index contributed by atoms with van der Waals surface area (Å²) in [6.45, 7) is 2.77. The molecule has 0 aliphatic rings. The first-order valence-electron chi connectivity index (χ1n) is 9.33. The van der Waals surface area contributed by atoms with Crippen LogP contribution in [0.4, 0.5) is 0 Å². The molecule has 3 heteroatoms. The molecule has 2 N–H and O–H groups in total. The second-order valence-corrected chi connectivity index (χ2v) is 7.23. The maximum absolute atomic E-state index is 12.1. The standard InChI is InChI=1S/C25H19N2O/c1-16-12-13-20-23(14-16)27(22-11-5-10-21(24(20)22)25(26)28)15-18-8-4-7-17-6-2-3-9-19(17)18/h2-12,14H,15H2,1H3,(H2,26,28). The quantitative estimate of drug-likeness (QED) is 0.470. The fraction of sp³-hybridized carbons (Fsp3) is 0.0800. The van der Waals surface area contributed by atoms with E-state index >= 15 is 0 Å². The maximum Gasteiger partial charge on any atom is 0.249 e. The molecular formula is C25H19N2O. The summed E-state index contributed by atoms with van der Waals surface area (Å²) >= 11 is 0. The summed E-state index contributed by atoms with van der Waals surface area (Å²) in [5, 5.41) is 4.28. The Morgan fingerprint density at radius 2 is 1.79 bits per heavy atom. The van der Waals surface area contributed by atoms with Crippen LogP contribution in [0.5, 0.6) is 0 Å². The van der Waals surface area contributed by atoms with Crippen molar-refractivity contribution < 1.29 is 4.79 Å². The number of aryl methyl sites for hydroxylation is 1. The van der Waals surface area contributed by atoms with Gasteiger partial charge < -0.3 is 10.3 Å². The van der Waals surface area contributed by atoms with Gasteiger partial charge in [0.25, 0.3) is 0 Å². The van der Waals surface area contributed by atoms with Gasteiger partial charge in [0.1, 0.15) is 0 Å². The second kappa shape index (κ2) is 6.24. The minimum absolute atomic E-state index is 0.413. The highest BCUT2D eigenvalue weighted by Gasteiger charge is 2.17. The zero-order chi connectivity index (χ0) is 19.3. The van der Waals surface area contributed by atoms with E-state index in [9.17, 15) is 4.79 Å². The number of primary amides is 1. The van der Waals surface area contributed by atoms with Crippen LogP contribution in [-0.2, 0) is 6.54 Å². The number of carbonyl (C=O) groups is 1. The topological polar surface area (TPSA) is 48.0 Å². The number of hydrogen-bond donors (Lipinski definition) is 1. The lowest BCUT2D eigenvalue weighted by molar-refractivity contribution is 0.100. The van der Waals surface area contributed by atoms with Crippen molar-refractivity contribution in [1.82, 2.24) is 4.57 Å². The van der Waals surface area contributed by atoms with Gasteiger partial charge in [-0.15, -0.1) is 0 Å². The number of hydrogen-bond acceptors (Lipinski definition) is 1. The molecule has 1 amide bonds. The zero-order valence-electron chi connectivity index (χ0n) is 15.6. The van der Waals surface area contributed by atoms with Gasteiger partial charge in [-0.1, -0.05) is 54.6 Å². The number of amides is 1. The van der Waals surface area contributed by atoms with E-state index in [0.717, 1.165) is 27.4 Å². The molecule has 1 radical (unpaired) electrons. The number of carbonyl (C=O) groups excluding carboxylic acids is 1. The van der Waals surface area contributed by atoms with Crippen LogP contribution in [-0.4, -0.2) is 10.5 Å². The average molecular weight is 363 g/mol. The molecule has 1 aromatic heterocycles. The fourth-order valence-corrected chi connectivity index (χ4v) is 4.14. The van der Waals surface area contributed by atoms with Crippen molar-refractivity contribution in [2.45, 2.75) is 13.5 Å². The molecule has 3 nitrogen and oxygen atoms in total. The SMILES string of the molecule is Cc1c[c]c2c3c(C(N)=O)cccc3n(Cc3cccc4ccccc34)c2c1. The summed E-state index contributed by atoms with van der Waals surface area (Å²) < 4.78 is 2.27. The van der Waals surface area contributed by atoms with Gasteiger partial charge in [-0.05, 0) is 53.1 Å². The monoisotopic (exact) mass is 363 g/mol. The molecule has 0 aliphatic heterocycles. The second-order valence-electron chi connectivity index (χ2n) is 7.23. The Morgan fingerprint density at radius 3 is 2.64 bits per heavy atom. The first kappa shape index (κ1) is 16.6. The zero-order valence-corrected chi connectivity index (χ0v) is 15.6. The van der Waals surface area contributed by atoms with Crippen LogP contribution >= 0.6 is 0 Å². The van der Waals surface area contributed by atoms with E-state index < -0.39 is 5.91 Å². The van der Waals surface area contributed by atoms with Crippen LogP contribution in [0.3, 0.4) is 0 Å². The highest BCUT2D eigenvalue weighted by Crippen LogP contribution is 2.33. The maximum atomic E-state index is 12.1. The normalized spacial score (nSPS) is 11.5. The molecule has 5 rings (SSSR count). The minimum Gasteiger partial charge on any atom is -0.366 e. The number of aromatic nitrogens is 1. The molecule has 0 saturated carbocycles. The average Bonchev–Trinajstić information content (AvgIpc) is 3.01. The molecule has 0 bridgehead atoms. The van der Waals surface area contributed by atoms with E-state index in [-0.39, 0.29) is 0 Å². The molecule has 0 spiro atoms. The van der Waals surface area contributed by atoms with Gasteiger partial charge in [-0.3, -0.25) is 4.79 Å². The summed E-state index contributed by atoms with van der Waals surface area (Å²) in [6.07, 6.45) is 0. The molecule has 4 aromatic carbocycles. The predicted octanol–water partition coefficient (Wildman–Crippen LogP) is 5.20. The molecule has 0 fully saturated rings. The largest absolute Gasteiger partial charge is 0.366 e. The van der Waals surface area contributed by atoms with Crippen LogP contribution < -0.4 is 5.73 Å². The first-order valence-corrected chi connectivity index (χ1v) is 9.33. The van der Waals surface area contributed by atoms with Gasteiger partial charge in [-0.25, -0.2) is 0 Å². The van der Waals surface area contributed by atoms with E-state index in [2.05, 4.69) is 72.2 Å². The molecule has 1 heterocycles. The highest BCUT2D eigenvalue weighted by atomic mass is 16.1. The molecule has 0 saturated heterocycles. The van der Waals surface area contributed by atoms with E-state index in [1.807, 2.05) is 12.1 Å². The molecule has 5 aromatic rings. The Bertz CT molecular complexity index is 1370. The summed E-state index contributed by atoms with van der Waals surface area (Å²) in [7, 11) is 0. The molecular weight excluding hydrogens is 344 g/mol. The van der Waals surface area contributed by atoms with Crippen molar-refractivity contribution in [1.29, 1.82) is 0 Å². The van der Waals surface area contributed by atoms with E-state index in [0.29, 0.717) is 12.1 Å². The fourth-order valence-electron chi connectivity index (χ4n) is 4.14. The Kier molecular flexibility index (Phi) is 3.69. The third kappa shape index (κ3) is 2.48. The number of nitrogens with two attached hydrogens (primary N) is 1. The molecule has 135 valence electrons. The lowest BCUT2D eigenvalue weighted by Gasteiger charge is -2.11. The molecule has 0 atom stereocenters. The third-order valence-electron chi connectivity index (χ3n) is 5.41. The highest BCUT2D eigenvalue weighted by molar-refractivity contribution is 6.17. The predicted molar refractivity (Wildman–Crippen MR) is 115 cm³/mol. The van der Waals surface area contributed by atoms with Gasteiger partial charge in [0.15, 0.2) is 0 Å². The minimum atomic E-state index is -0.413. The van der Waals surface area contributed by atoms with Gasteiger partial charge >= 0.3 is 0 Å². The first-order chi connectivity index (χ1) is 13.6. The van der Waals surface area contributed by atoms with Gasteiger partial charge in [-0.2, -0.15) is 0 Å². The van der Waals surface area contributed by atoms with E-state index in [1.165, 1.54) is 16.3 Å². The Labute approximate surface area is 163 Å². The summed E-state index contributed by atoms with van der Waals surface area (Å²) in [4.78, 5) is 12.1. The van der Waals surface area contributed by atoms with Crippen molar-refractivity contribution >= 4 is 38.5 Å². The van der Waals surface area contributed by atoms with Crippen LogP contribution in [0.2, 0.25) is 0 Å². The van der Waals surface area contributed by atoms with Gasteiger partial charge in [0.2, 0.25) is 5.91 Å². The van der Waals surface area contributed by atoms with E-state index in [1.54, 1.807) is 6.07 Å². The Hall–Kier alpha value is -3.59. The lowest BCUT2D eigenvalue weighted by atomic mass is 10.0. The van der Waals surface area contributed by atoms with Crippen LogP contribution in [0, 0.1) is 13.0 Å². The van der Waals surface area contributed by atoms with Crippen molar-refractivity contribution in [3.63, 3.8) is 0 Å². The van der Waals surface area contributed by atoms with Crippen LogP contribution in [0.1, 0.15) is 21.5 Å². The molecule has 0 aliphatic carbocycles. The summed E-state index contributed by atoms with van der Waals surface area (Å²) in [6, 6.07) is 28.0. The van der Waals surface area contributed by atoms with Crippen molar-refractivity contribution in [2.24, 2.45) is 5.73 Å². The van der Waals surface area contributed by atoms with Crippen molar-refractivity contribution in [2.75, 3.05) is 0 Å². The van der Waals surface area contributed by atoms with Crippen LogP contribution in [0.25, 0.3) is 32.6 Å². The van der Waals surface area contributed by atoms with E-state index in [4.69, 9.17) is 5.73 Å². The smallest absolute Gasteiger partial charge is 0.249 e. The summed E-state index contributed by atoms with van der Waals surface area (Å²) in [5.41, 5.74) is 10.7. The lowest BCUT2D eigenvalue weighted by Crippen LogP contribution is -2.11. The third-order valence-corrected chi connectivity index (χ3v) is 5.41. The Balaban J connectivity index is 1.84. The van der Waals surface area contributed by atoms with Crippen molar-refractivity contribution in [3.05, 3.63) is 95.6 Å². The summed E-state index contributed by atoms with van der Waals surface area (Å²) in [5.74, 6) is -0.413. The van der Waals surface area contributed by atoms with Crippen LogP contribution in [0.15, 0.2) is 72.8 Å². The molecule has 28 heavy (non-hydrogen) atoms. The van der Waals surface area contributed by atoms with Gasteiger partial charge in [0.05, 0.1) is 11.0 Å². The van der Waals surface area contributed by atoms with Crippen molar-refractivity contribution in [3.8, 4) is 0 Å². The number of fused-ring (bicyclic) bond motifs is 4. The number of nitrogens with zero attached hydrogens (tertiary/aromatic N) is 1. The Morgan fingerprint density at radius 1 is 1.00 bits per heavy atom.